The van der Waals surface area contributed by atoms with Gasteiger partial charge in [-0.05, 0) is 41.5 Å². The second-order valence-electron chi connectivity index (χ2n) is 6.76. The van der Waals surface area contributed by atoms with Crippen molar-refractivity contribution in [2.75, 3.05) is 7.11 Å². The topological polar surface area (TPSA) is 59.3 Å². The van der Waals surface area contributed by atoms with E-state index in [9.17, 15) is 23.2 Å². The summed E-state index contributed by atoms with van der Waals surface area (Å²) in [4.78, 5) is 12.5. The maximum atomic E-state index is 12.9. The Hall–Kier alpha value is -4.05. The Labute approximate surface area is 183 Å². The van der Waals surface area contributed by atoms with Crippen LogP contribution in [0.5, 0.6) is 11.5 Å². The van der Waals surface area contributed by atoms with Gasteiger partial charge in [-0.1, -0.05) is 48.5 Å². The van der Waals surface area contributed by atoms with Crippen LogP contribution in [0, 0.1) is 11.3 Å². The molecule has 0 aliphatic rings. The zero-order valence-corrected chi connectivity index (χ0v) is 17.0. The molecule has 0 atom stereocenters. The van der Waals surface area contributed by atoms with E-state index in [0.29, 0.717) is 28.2 Å². The molecule has 0 N–H and O–H groups in total. The number of methoxy groups -OCH3 is 1. The van der Waals surface area contributed by atoms with Gasteiger partial charge in [0.25, 0.3) is 0 Å². The van der Waals surface area contributed by atoms with Gasteiger partial charge in [-0.25, -0.2) is 0 Å². The smallest absolute Gasteiger partial charge is 0.416 e. The predicted molar refractivity (Wildman–Crippen MR) is 113 cm³/mol. The molecular weight excluding hydrogens is 419 g/mol. The Morgan fingerprint density at radius 3 is 2.41 bits per heavy atom. The molecule has 0 radical (unpaired) electrons. The molecule has 0 spiro atoms. The number of allylic oxidation sites excluding steroid dienone is 1. The lowest BCUT2D eigenvalue weighted by molar-refractivity contribution is -0.137. The van der Waals surface area contributed by atoms with Crippen LogP contribution >= 0.6 is 0 Å². The zero-order valence-electron chi connectivity index (χ0n) is 17.0. The van der Waals surface area contributed by atoms with Crippen LogP contribution in [-0.4, -0.2) is 12.9 Å². The van der Waals surface area contributed by atoms with E-state index >= 15 is 0 Å². The third-order valence-electron chi connectivity index (χ3n) is 4.55. The number of ketones is 1. The van der Waals surface area contributed by atoms with E-state index in [1.54, 1.807) is 48.5 Å². The Balaban J connectivity index is 1.79. The first-order valence-electron chi connectivity index (χ1n) is 9.50. The molecule has 162 valence electrons. The first-order valence-corrected chi connectivity index (χ1v) is 9.50. The molecule has 0 aliphatic carbocycles. The molecule has 0 heterocycles. The summed E-state index contributed by atoms with van der Waals surface area (Å²) in [6, 6.07) is 20.0. The molecule has 7 heteroatoms. The normalized spacial score (nSPS) is 11.5. The van der Waals surface area contributed by atoms with Crippen molar-refractivity contribution in [3.05, 3.63) is 101 Å². The van der Waals surface area contributed by atoms with E-state index in [1.807, 2.05) is 6.07 Å². The van der Waals surface area contributed by atoms with E-state index in [1.165, 1.54) is 25.3 Å². The lowest BCUT2D eigenvalue weighted by atomic mass is 10.0. The minimum Gasteiger partial charge on any atom is -0.493 e. The average Bonchev–Trinajstić information content (AvgIpc) is 2.81. The van der Waals surface area contributed by atoms with Gasteiger partial charge < -0.3 is 9.47 Å². The average molecular weight is 437 g/mol. The second-order valence-corrected chi connectivity index (χ2v) is 6.76. The van der Waals surface area contributed by atoms with Crippen molar-refractivity contribution >= 4 is 11.9 Å². The summed E-state index contributed by atoms with van der Waals surface area (Å²) in [6.45, 7) is -0.0919. The van der Waals surface area contributed by atoms with Gasteiger partial charge in [0, 0.05) is 5.56 Å². The van der Waals surface area contributed by atoms with E-state index in [-0.39, 0.29) is 12.2 Å². The van der Waals surface area contributed by atoms with Crippen LogP contribution in [-0.2, 0) is 12.8 Å². The van der Waals surface area contributed by atoms with E-state index < -0.39 is 17.5 Å². The summed E-state index contributed by atoms with van der Waals surface area (Å²) in [6.07, 6.45) is -2.99. The van der Waals surface area contributed by atoms with Gasteiger partial charge in [0.2, 0.25) is 5.78 Å². The van der Waals surface area contributed by atoms with Crippen molar-refractivity contribution in [2.45, 2.75) is 12.8 Å². The number of nitrogens with zero attached hydrogens (tertiary/aromatic N) is 1. The van der Waals surface area contributed by atoms with Crippen molar-refractivity contribution in [3.63, 3.8) is 0 Å². The van der Waals surface area contributed by atoms with Crippen LogP contribution in [0.3, 0.4) is 0 Å². The minimum atomic E-state index is -4.43. The van der Waals surface area contributed by atoms with Crippen LogP contribution in [0.15, 0.2) is 78.4 Å². The van der Waals surface area contributed by atoms with Crippen molar-refractivity contribution in [2.24, 2.45) is 0 Å². The lowest BCUT2D eigenvalue weighted by Crippen LogP contribution is -2.06. The van der Waals surface area contributed by atoms with Crippen LogP contribution in [0.4, 0.5) is 13.2 Å². The third kappa shape index (κ3) is 5.55. The number of Topliss-reactive ketones (excluding diaryl/α,β-unsaturated/α-hetero) is 1. The molecule has 0 amide bonds. The van der Waals surface area contributed by atoms with Crippen molar-refractivity contribution in [3.8, 4) is 17.6 Å². The molecule has 32 heavy (non-hydrogen) atoms. The minimum absolute atomic E-state index is 0.0455. The Morgan fingerprint density at radius 2 is 1.75 bits per heavy atom. The van der Waals surface area contributed by atoms with Gasteiger partial charge in [0.1, 0.15) is 18.2 Å². The molecular formula is C25H18F3NO3. The molecule has 0 saturated heterocycles. The van der Waals surface area contributed by atoms with E-state index in [2.05, 4.69) is 0 Å². The Kier molecular flexibility index (Phi) is 6.96. The van der Waals surface area contributed by atoms with Gasteiger partial charge in [0.15, 0.2) is 11.5 Å². The molecule has 0 unspecified atom stereocenters. The van der Waals surface area contributed by atoms with Gasteiger partial charge >= 0.3 is 6.18 Å². The summed E-state index contributed by atoms with van der Waals surface area (Å²) in [7, 11) is 1.42. The van der Waals surface area contributed by atoms with E-state index in [4.69, 9.17) is 9.47 Å². The molecule has 3 aromatic carbocycles. The number of halogens is 3. The first kappa shape index (κ1) is 22.6. The van der Waals surface area contributed by atoms with Crippen molar-refractivity contribution in [1.29, 1.82) is 5.26 Å². The molecule has 0 aromatic heterocycles. The number of nitriles is 1. The summed E-state index contributed by atoms with van der Waals surface area (Å²) in [5, 5.41) is 9.41. The molecule has 0 saturated carbocycles. The van der Waals surface area contributed by atoms with Gasteiger partial charge in [-0.15, -0.1) is 0 Å². The maximum absolute atomic E-state index is 12.9. The fourth-order valence-electron chi connectivity index (χ4n) is 2.95. The molecule has 3 rings (SSSR count). The standard InChI is InChI=1S/C25H18F3NO3/c1-31-23-14-17(12-20(15-29)24(30)19-7-3-2-4-8-19)10-11-22(23)32-16-18-6-5-9-21(13-18)25(26,27)28/h2-14H,16H2,1H3. The summed E-state index contributed by atoms with van der Waals surface area (Å²) in [5.74, 6) is 0.224. The fourth-order valence-corrected chi connectivity index (χ4v) is 2.95. The Morgan fingerprint density at radius 1 is 1.00 bits per heavy atom. The van der Waals surface area contributed by atoms with Gasteiger partial charge in [-0.2, -0.15) is 18.4 Å². The number of alkyl halides is 3. The van der Waals surface area contributed by atoms with Crippen LogP contribution < -0.4 is 9.47 Å². The molecule has 4 nitrogen and oxygen atoms in total. The van der Waals surface area contributed by atoms with Crippen LogP contribution in [0.2, 0.25) is 0 Å². The van der Waals surface area contributed by atoms with Gasteiger partial charge in [0.05, 0.1) is 12.7 Å². The highest BCUT2D eigenvalue weighted by Gasteiger charge is 2.30. The largest absolute Gasteiger partial charge is 0.493 e. The Bertz CT molecular complexity index is 1180. The van der Waals surface area contributed by atoms with Crippen molar-refractivity contribution in [1.82, 2.24) is 0 Å². The highest BCUT2D eigenvalue weighted by atomic mass is 19.4. The SMILES string of the molecule is COc1cc(C=C(C#N)C(=O)c2ccccc2)ccc1OCc1cccc(C(F)(F)F)c1. The zero-order chi connectivity index (χ0) is 23.1. The lowest BCUT2D eigenvalue weighted by Gasteiger charge is -2.13. The fraction of sp³-hybridized carbons (Fsp3) is 0.120. The highest BCUT2D eigenvalue weighted by Crippen LogP contribution is 2.32. The number of rotatable bonds is 7. The number of hydrogen-bond donors (Lipinski definition) is 0. The molecule has 0 fully saturated rings. The number of carbonyl (C=O) groups excluding carboxylic acids is 1. The van der Waals surface area contributed by atoms with Crippen molar-refractivity contribution < 1.29 is 27.4 Å². The number of benzene rings is 3. The monoisotopic (exact) mass is 437 g/mol. The molecule has 3 aromatic rings. The highest BCUT2D eigenvalue weighted by molar-refractivity contribution is 6.14. The van der Waals surface area contributed by atoms with Gasteiger partial charge in [-0.3, -0.25) is 4.79 Å². The third-order valence-corrected chi connectivity index (χ3v) is 4.55. The number of ether oxygens (including phenoxy) is 2. The second kappa shape index (κ2) is 9.84. The maximum Gasteiger partial charge on any atom is 0.416 e. The summed E-state index contributed by atoms with van der Waals surface area (Å²) >= 11 is 0. The summed E-state index contributed by atoms with van der Waals surface area (Å²) < 4.78 is 49.6. The van der Waals surface area contributed by atoms with E-state index in [0.717, 1.165) is 12.1 Å². The quantitative estimate of drug-likeness (QED) is 0.255. The summed E-state index contributed by atoms with van der Waals surface area (Å²) in [5.41, 5.74) is 0.488. The number of hydrogen-bond acceptors (Lipinski definition) is 4. The molecule has 0 bridgehead atoms. The number of carbonyl (C=O) groups is 1. The predicted octanol–water partition coefficient (Wildman–Crippen LogP) is 6.08. The van der Waals surface area contributed by atoms with Crippen LogP contribution in [0.1, 0.15) is 27.0 Å². The first-order chi connectivity index (χ1) is 15.3. The van der Waals surface area contributed by atoms with Crippen LogP contribution in [0.25, 0.3) is 6.08 Å². The molecule has 0 aliphatic heterocycles.